The molecule has 0 saturated heterocycles. The van der Waals surface area contributed by atoms with Crippen LogP contribution < -0.4 is 15.5 Å². The normalized spacial score (nSPS) is 10.9. The molecule has 0 saturated carbocycles. The summed E-state index contributed by atoms with van der Waals surface area (Å²) in [7, 11) is 0. The van der Waals surface area contributed by atoms with E-state index >= 15 is 0 Å². The number of hydrogen-bond donors (Lipinski definition) is 1. The van der Waals surface area contributed by atoms with E-state index < -0.39 is 25.1 Å². The first kappa shape index (κ1) is 23.6. The average Bonchev–Trinajstić information content (AvgIpc) is 2.86. The number of hydrogen-bond acceptors (Lipinski definition) is 6. The minimum atomic E-state index is -2.96. The zero-order valence-electron chi connectivity index (χ0n) is 18.4. The van der Waals surface area contributed by atoms with E-state index in [9.17, 15) is 23.2 Å². The fourth-order valence-corrected chi connectivity index (χ4v) is 3.46. The number of anilines is 1. The lowest BCUT2D eigenvalue weighted by Crippen LogP contribution is -2.21. The highest BCUT2D eigenvalue weighted by Gasteiger charge is 2.20. The molecule has 0 atom stereocenters. The van der Waals surface area contributed by atoms with Crippen LogP contribution in [0.2, 0.25) is 0 Å². The monoisotopic (exact) mass is 479 g/mol. The Morgan fingerprint density at radius 3 is 2.37 bits per heavy atom. The van der Waals surface area contributed by atoms with Gasteiger partial charge >= 0.3 is 12.6 Å². The van der Waals surface area contributed by atoms with Crippen molar-refractivity contribution in [3.8, 4) is 17.1 Å². The van der Waals surface area contributed by atoms with Crippen LogP contribution in [-0.2, 0) is 9.53 Å². The summed E-state index contributed by atoms with van der Waals surface area (Å²) in [5, 5.41) is 2.70. The fraction of sp³-hybridized carbons (Fsp3) is 0.115. The van der Waals surface area contributed by atoms with Crippen molar-refractivity contribution in [2.45, 2.75) is 13.5 Å². The van der Waals surface area contributed by atoms with E-state index in [1.54, 1.807) is 37.3 Å². The smallest absolute Gasteiger partial charge is 0.387 e. The number of benzene rings is 3. The zero-order chi connectivity index (χ0) is 24.9. The van der Waals surface area contributed by atoms with Gasteiger partial charge < -0.3 is 19.2 Å². The maximum Gasteiger partial charge on any atom is 0.387 e. The molecular formula is C26H19F2NO6. The molecule has 0 unspecified atom stereocenters. The molecule has 0 aliphatic rings. The minimum Gasteiger partial charge on any atom is -0.455 e. The highest BCUT2D eigenvalue weighted by Crippen LogP contribution is 2.27. The van der Waals surface area contributed by atoms with Gasteiger partial charge in [0.1, 0.15) is 17.1 Å². The Bertz CT molecular complexity index is 1430. The number of fused-ring (bicyclic) bond motifs is 1. The van der Waals surface area contributed by atoms with Crippen molar-refractivity contribution in [3.63, 3.8) is 0 Å². The van der Waals surface area contributed by atoms with E-state index in [4.69, 9.17) is 9.15 Å². The van der Waals surface area contributed by atoms with Gasteiger partial charge in [-0.1, -0.05) is 36.4 Å². The first-order chi connectivity index (χ1) is 16.8. The van der Waals surface area contributed by atoms with Crippen LogP contribution in [-0.4, -0.2) is 25.1 Å². The van der Waals surface area contributed by atoms with Gasteiger partial charge in [-0.3, -0.25) is 9.59 Å². The fourth-order valence-electron chi connectivity index (χ4n) is 3.46. The van der Waals surface area contributed by atoms with Crippen molar-refractivity contribution in [1.29, 1.82) is 0 Å². The number of esters is 1. The second kappa shape index (κ2) is 10.2. The molecule has 0 aliphatic heterocycles. The van der Waals surface area contributed by atoms with Crippen LogP contribution in [0.3, 0.4) is 0 Å². The van der Waals surface area contributed by atoms with E-state index in [2.05, 4.69) is 10.1 Å². The molecule has 35 heavy (non-hydrogen) atoms. The van der Waals surface area contributed by atoms with Crippen molar-refractivity contribution in [2.24, 2.45) is 0 Å². The Hall–Kier alpha value is -4.53. The van der Waals surface area contributed by atoms with Gasteiger partial charge in [-0.15, -0.1) is 0 Å². The predicted molar refractivity (Wildman–Crippen MR) is 125 cm³/mol. The molecule has 0 fully saturated rings. The Labute approximate surface area is 197 Å². The molecule has 1 amide bonds. The Kier molecular flexibility index (Phi) is 6.86. The molecule has 3 aromatic carbocycles. The molecule has 178 valence electrons. The van der Waals surface area contributed by atoms with Gasteiger partial charge in [0.2, 0.25) is 0 Å². The third-order valence-corrected chi connectivity index (χ3v) is 5.10. The van der Waals surface area contributed by atoms with Gasteiger partial charge in [0.15, 0.2) is 17.6 Å². The molecule has 7 nitrogen and oxygen atoms in total. The summed E-state index contributed by atoms with van der Waals surface area (Å²) >= 11 is 0. The number of para-hydroxylation sites is 1. The Morgan fingerprint density at radius 2 is 1.69 bits per heavy atom. The number of carbonyl (C=O) groups is 2. The van der Waals surface area contributed by atoms with Gasteiger partial charge in [0.05, 0.1) is 5.39 Å². The first-order valence-electron chi connectivity index (χ1n) is 10.5. The third-order valence-electron chi connectivity index (χ3n) is 5.10. The van der Waals surface area contributed by atoms with E-state index in [1.165, 1.54) is 36.4 Å². The lowest BCUT2D eigenvalue weighted by atomic mass is 10.0. The standard InChI is InChI=1S/C26H19F2NO6/c1-15-22(31)19-8-5-9-20(24(19)35-23(15)16-6-3-2-4-7-16)25(32)33-14-21(30)29-17-10-12-18(13-11-17)34-26(27)28/h2-13,26H,14H2,1H3,(H,29,30). The van der Waals surface area contributed by atoms with E-state index in [0.29, 0.717) is 22.6 Å². The molecule has 1 N–H and O–H groups in total. The van der Waals surface area contributed by atoms with Crippen LogP contribution in [0, 0.1) is 6.92 Å². The van der Waals surface area contributed by atoms with Crippen molar-refractivity contribution >= 4 is 28.5 Å². The third kappa shape index (κ3) is 5.35. The Morgan fingerprint density at radius 1 is 0.971 bits per heavy atom. The van der Waals surface area contributed by atoms with Crippen molar-refractivity contribution in [3.05, 3.63) is 94.1 Å². The number of rotatable bonds is 7. The number of alkyl halides is 2. The zero-order valence-corrected chi connectivity index (χ0v) is 18.4. The van der Waals surface area contributed by atoms with Crippen molar-refractivity contribution < 1.29 is 32.3 Å². The van der Waals surface area contributed by atoms with Crippen LogP contribution in [0.1, 0.15) is 15.9 Å². The van der Waals surface area contributed by atoms with Gasteiger partial charge in [-0.05, 0) is 43.3 Å². The lowest BCUT2D eigenvalue weighted by Gasteiger charge is -2.11. The number of carbonyl (C=O) groups excluding carboxylic acids is 2. The summed E-state index contributed by atoms with van der Waals surface area (Å²) in [6, 6.07) is 18.8. The average molecular weight is 479 g/mol. The molecule has 0 aliphatic carbocycles. The largest absolute Gasteiger partial charge is 0.455 e. The van der Waals surface area contributed by atoms with Crippen LogP contribution in [0.25, 0.3) is 22.3 Å². The predicted octanol–water partition coefficient (Wildman–Crippen LogP) is 5.17. The van der Waals surface area contributed by atoms with Gasteiger partial charge in [0, 0.05) is 16.8 Å². The second-order valence-electron chi connectivity index (χ2n) is 7.46. The van der Waals surface area contributed by atoms with E-state index in [1.807, 2.05) is 6.07 Å². The molecule has 0 spiro atoms. The van der Waals surface area contributed by atoms with E-state index in [-0.39, 0.29) is 27.7 Å². The first-order valence-corrected chi connectivity index (χ1v) is 10.5. The highest BCUT2D eigenvalue weighted by molar-refractivity contribution is 6.03. The highest BCUT2D eigenvalue weighted by atomic mass is 19.3. The lowest BCUT2D eigenvalue weighted by molar-refractivity contribution is -0.119. The SMILES string of the molecule is Cc1c(-c2ccccc2)oc2c(C(=O)OCC(=O)Nc3ccc(OC(F)F)cc3)cccc2c1=O. The summed E-state index contributed by atoms with van der Waals surface area (Å²) in [4.78, 5) is 37.9. The molecule has 0 bridgehead atoms. The van der Waals surface area contributed by atoms with Crippen LogP contribution in [0.15, 0.2) is 82.0 Å². The number of ether oxygens (including phenoxy) is 2. The van der Waals surface area contributed by atoms with Crippen molar-refractivity contribution in [2.75, 3.05) is 11.9 Å². The molecular weight excluding hydrogens is 460 g/mol. The second-order valence-corrected chi connectivity index (χ2v) is 7.46. The maximum absolute atomic E-state index is 12.9. The van der Waals surface area contributed by atoms with Gasteiger partial charge in [-0.25, -0.2) is 4.79 Å². The number of amides is 1. The van der Waals surface area contributed by atoms with Crippen LogP contribution >= 0.6 is 0 Å². The summed E-state index contributed by atoms with van der Waals surface area (Å²) in [6.07, 6.45) is 0. The van der Waals surface area contributed by atoms with Crippen molar-refractivity contribution in [1.82, 2.24) is 0 Å². The molecule has 4 aromatic rings. The molecule has 4 rings (SSSR count). The summed E-state index contributed by atoms with van der Waals surface area (Å²) in [5.41, 5.74) is 1.15. The molecule has 1 heterocycles. The summed E-state index contributed by atoms with van der Waals surface area (Å²) in [5.74, 6) is -1.23. The van der Waals surface area contributed by atoms with Gasteiger partial charge in [-0.2, -0.15) is 8.78 Å². The topological polar surface area (TPSA) is 94.8 Å². The molecule has 1 aromatic heterocycles. The number of nitrogens with one attached hydrogen (secondary N) is 1. The molecule has 0 radical (unpaired) electrons. The minimum absolute atomic E-state index is 0.00178. The quantitative estimate of drug-likeness (QED) is 0.368. The molecule has 9 heteroatoms. The number of halogens is 2. The van der Waals surface area contributed by atoms with E-state index in [0.717, 1.165) is 0 Å². The summed E-state index contributed by atoms with van der Waals surface area (Å²) < 4.78 is 39.8. The van der Waals surface area contributed by atoms with Crippen LogP contribution in [0.4, 0.5) is 14.5 Å². The summed E-state index contributed by atoms with van der Waals surface area (Å²) in [6.45, 7) is -1.93. The van der Waals surface area contributed by atoms with Crippen LogP contribution in [0.5, 0.6) is 5.75 Å². The maximum atomic E-state index is 12.9. The van der Waals surface area contributed by atoms with Gasteiger partial charge in [0.25, 0.3) is 5.91 Å². The Balaban J connectivity index is 1.51.